The van der Waals surface area contributed by atoms with Gasteiger partial charge in [0.2, 0.25) is 5.95 Å². The van der Waals surface area contributed by atoms with Gasteiger partial charge in [-0.2, -0.15) is 10.1 Å². The van der Waals surface area contributed by atoms with Gasteiger partial charge in [0.1, 0.15) is 10.1 Å². The Morgan fingerprint density at radius 3 is 2.71 bits per heavy atom. The summed E-state index contributed by atoms with van der Waals surface area (Å²) in [5.74, 6) is 0.619. The molecule has 3 aliphatic rings. The smallest absolute Gasteiger partial charge is 0.263 e. The van der Waals surface area contributed by atoms with E-state index in [4.69, 9.17) is 4.98 Å². The number of pyridine rings is 1. The van der Waals surface area contributed by atoms with Crippen LogP contribution in [0.1, 0.15) is 86.5 Å². The molecule has 7 rings (SSSR count). The van der Waals surface area contributed by atoms with Gasteiger partial charge in [-0.25, -0.2) is 0 Å². The monoisotopic (exact) mass is 571 g/mol. The van der Waals surface area contributed by atoms with Crippen molar-refractivity contribution < 1.29 is 4.55 Å². The Morgan fingerprint density at radius 2 is 1.90 bits per heavy atom. The van der Waals surface area contributed by atoms with Crippen LogP contribution in [0.25, 0.3) is 11.0 Å². The van der Waals surface area contributed by atoms with Gasteiger partial charge < -0.3 is 9.45 Å². The molecule has 0 saturated carbocycles. The molecule has 41 heavy (non-hydrogen) atoms. The molecule has 0 bridgehead atoms. The van der Waals surface area contributed by atoms with E-state index >= 15 is 0 Å². The standard InChI is InChI=1S/C31H37N7O2S/c1-30(2,3)41(40)37-26-20-9-5-4-8-19(20)18-31(26)13-16-38(17-14-31)29-33-27-24(28(39)34-29)25(35-36-27)22-10-6-12-23-21(22)11-7-15-32-23/h4-5,7-9,11,15,22,26,37H,6,10,12-14,16-18H2,1-3H3,(H2,33,34,35,36,39)/t22?,26-,41?/m1/s1. The van der Waals surface area contributed by atoms with E-state index in [-0.39, 0.29) is 27.7 Å². The molecule has 4 aromatic rings. The first-order valence-corrected chi connectivity index (χ1v) is 15.8. The van der Waals surface area contributed by atoms with Gasteiger partial charge in [-0.3, -0.25) is 19.9 Å². The second kappa shape index (κ2) is 9.96. The number of H-pyrrole nitrogens is 2. The molecule has 10 heteroatoms. The summed E-state index contributed by atoms with van der Waals surface area (Å²) in [6.45, 7) is 7.54. The molecule has 1 saturated heterocycles. The van der Waals surface area contributed by atoms with E-state index in [1.165, 1.54) is 11.1 Å². The largest absolute Gasteiger partial charge is 0.598 e. The third-order valence-corrected chi connectivity index (χ3v) is 10.9. The fourth-order valence-electron chi connectivity index (χ4n) is 7.13. The highest BCUT2D eigenvalue weighted by atomic mass is 32.2. The van der Waals surface area contributed by atoms with Crippen LogP contribution in [0, 0.1) is 5.41 Å². The Morgan fingerprint density at radius 1 is 1.12 bits per heavy atom. The maximum Gasteiger partial charge on any atom is 0.263 e. The fraction of sp³-hybridized carbons (Fsp3) is 0.484. The molecule has 4 heterocycles. The first kappa shape index (κ1) is 26.7. The number of nitrogens with one attached hydrogen (secondary N) is 3. The van der Waals surface area contributed by atoms with Crippen LogP contribution in [0.2, 0.25) is 0 Å². The predicted octanol–water partition coefficient (Wildman–Crippen LogP) is 4.45. The Bertz CT molecular complexity index is 1650. The van der Waals surface area contributed by atoms with Crippen molar-refractivity contribution in [1.82, 2.24) is 29.9 Å². The lowest BCUT2D eigenvalue weighted by Gasteiger charge is -2.44. The predicted molar refractivity (Wildman–Crippen MR) is 161 cm³/mol. The minimum atomic E-state index is -1.18. The van der Waals surface area contributed by atoms with Crippen LogP contribution >= 0.6 is 0 Å². The molecule has 3 atom stereocenters. The van der Waals surface area contributed by atoms with Crippen molar-refractivity contribution in [3.8, 4) is 0 Å². The van der Waals surface area contributed by atoms with Crippen molar-refractivity contribution in [3.05, 3.63) is 81.0 Å². The Hall–Kier alpha value is -3.21. The van der Waals surface area contributed by atoms with Gasteiger partial charge in [0, 0.05) is 47.7 Å². The highest BCUT2D eigenvalue weighted by Crippen LogP contribution is 2.52. The van der Waals surface area contributed by atoms with Crippen molar-refractivity contribution in [2.24, 2.45) is 5.41 Å². The van der Waals surface area contributed by atoms with E-state index < -0.39 is 11.4 Å². The Labute approximate surface area is 242 Å². The molecule has 3 N–H and O–H groups in total. The normalized spacial score (nSPS) is 22.6. The second-order valence-electron chi connectivity index (χ2n) is 12.9. The van der Waals surface area contributed by atoms with Crippen LogP contribution in [-0.2, 0) is 24.2 Å². The van der Waals surface area contributed by atoms with Crippen LogP contribution in [0.3, 0.4) is 0 Å². The molecule has 0 radical (unpaired) electrons. The average molecular weight is 572 g/mol. The number of hydrogen-bond donors (Lipinski definition) is 3. The Balaban J connectivity index is 1.15. The fourth-order valence-corrected chi connectivity index (χ4v) is 8.07. The molecule has 3 aromatic heterocycles. The third kappa shape index (κ3) is 4.56. The lowest BCUT2D eigenvalue weighted by Crippen LogP contribution is -2.50. The molecule has 214 valence electrons. The van der Waals surface area contributed by atoms with Gasteiger partial charge in [-0.15, -0.1) is 4.72 Å². The molecular formula is C31H37N7O2S. The number of aromatic amines is 2. The number of benzene rings is 1. The minimum absolute atomic E-state index is 0.0263. The number of aryl methyl sites for hydroxylation is 1. The number of nitrogens with zero attached hydrogens (tertiary/aromatic N) is 4. The first-order valence-electron chi connectivity index (χ1n) is 14.7. The topological polar surface area (TPSA) is 126 Å². The van der Waals surface area contributed by atoms with Crippen LogP contribution in [-0.4, -0.2) is 47.5 Å². The van der Waals surface area contributed by atoms with Crippen LogP contribution in [0.15, 0.2) is 47.4 Å². The zero-order valence-corrected chi connectivity index (χ0v) is 24.7. The lowest BCUT2D eigenvalue weighted by molar-refractivity contribution is 0.175. The quantitative estimate of drug-likeness (QED) is 0.309. The number of fused-ring (bicyclic) bond motifs is 3. The van der Waals surface area contributed by atoms with Gasteiger partial charge >= 0.3 is 0 Å². The minimum Gasteiger partial charge on any atom is -0.598 e. The van der Waals surface area contributed by atoms with Crippen molar-refractivity contribution in [3.63, 3.8) is 0 Å². The molecule has 1 aliphatic heterocycles. The highest BCUT2D eigenvalue weighted by molar-refractivity contribution is 7.90. The van der Waals surface area contributed by atoms with Crippen molar-refractivity contribution in [2.45, 2.75) is 76.0 Å². The first-order chi connectivity index (χ1) is 19.7. The van der Waals surface area contributed by atoms with Gasteiger partial charge in [-0.1, -0.05) is 30.3 Å². The van der Waals surface area contributed by atoms with E-state index in [0.717, 1.165) is 68.6 Å². The Kier molecular flexibility index (Phi) is 6.48. The van der Waals surface area contributed by atoms with Crippen molar-refractivity contribution in [1.29, 1.82) is 0 Å². The van der Waals surface area contributed by atoms with E-state index in [1.54, 1.807) is 0 Å². The van der Waals surface area contributed by atoms with Gasteiger partial charge in [-0.05, 0) is 82.1 Å². The molecule has 2 aliphatic carbocycles. The van der Waals surface area contributed by atoms with Crippen LogP contribution in [0.4, 0.5) is 5.95 Å². The van der Waals surface area contributed by atoms with Gasteiger partial charge in [0.05, 0.1) is 11.7 Å². The number of hydrogen-bond acceptors (Lipinski definition) is 7. The summed E-state index contributed by atoms with van der Waals surface area (Å²) in [5, 5.41) is 8.23. The summed E-state index contributed by atoms with van der Waals surface area (Å²) in [4.78, 5) is 28.2. The second-order valence-corrected chi connectivity index (χ2v) is 14.9. The van der Waals surface area contributed by atoms with Crippen LogP contribution in [0.5, 0.6) is 0 Å². The third-order valence-electron chi connectivity index (χ3n) is 9.34. The maximum absolute atomic E-state index is 13.5. The van der Waals surface area contributed by atoms with E-state index in [9.17, 15) is 9.35 Å². The van der Waals surface area contributed by atoms with E-state index in [0.29, 0.717) is 17.0 Å². The van der Waals surface area contributed by atoms with E-state index in [2.05, 4.69) is 60.1 Å². The molecule has 1 aromatic carbocycles. The summed E-state index contributed by atoms with van der Waals surface area (Å²) in [6.07, 6.45) is 7.51. The summed E-state index contributed by atoms with van der Waals surface area (Å²) < 4.78 is 16.4. The molecule has 1 spiro atoms. The SMILES string of the molecule is CC(C)(C)[S+]([O-])N[C@@H]1c2ccccc2CC12CCN(c1nc3[nH]nc(C4CCCc5ncccc54)c3c(=O)[nH]1)CC2. The molecule has 2 unspecified atom stereocenters. The number of rotatable bonds is 4. The zero-order chi connectivity index (χ0) is 28.4. The molecule has 1 fully saturated rings. The summed E-state index contributed by atoms with van der Waals surface area (Å²) >= 11 is -1.18. The summed E-state index contributed by atoms with van der Waals surface area (Å²) in [7, 11) is 0. The number of piperidine rings is 1. The number of aromatic nitrogens is 5. The average Bonchev–Trinajstić information content (AvgIpc) is 3.52. The van der Waals surface area contributed by atoms with Crippen molar-refractivity contribution >= 4 is 28.3 Å². The molecular weight excluding hydrogens is 534 g/mol. The summed E-state index contributed by atoms with van der Waals surface area (Å²) in [5.41, 5.74) is 5.95. The van der Waals surface area contributed by atoms with Crippen LogP contribution < -0.4 is 15.2 Å². The van der Waals surface area contributed by atoms with Gasteiger partial charge in [0.15, 0.2) is 5.65 Å². The number of anilines is 1. The lowest BCUT2D eigenvalue weighted by atomic mass is 9.73. The van der Waals surface area contributed by atoms with Gasteiger partial charge in [0.25, 0.3) is 5.56 Å². The maximum atomic E-state index is 13.5. The van der Waals surface area contributed by atoms with E-state index in [1.807, 2.05) is 33.0 Å². The highest BCUT2D eigenvalue weighted by Gasteiger charge is 2.50. The van der Waals surface area contributed by atoms with Crippen molar-refractivity contribution in [2.75, 3.05) is 18.0 Å². The zero-order valence-electron chi connectivity index (χ0n) is 23.9. The summed E-state index contributed by atoms with van der Waals surface area (Å²) in [6, 6.07) is 12.6. The molecule has 0 amide bonds. The molecule has 9 nitrogen and oxygen atoms in total.